The van der Waals surface area contributed by atoms with Crippen LogP contribution in [0.5, 0.6) is 0 Å². The molecule has 1 aliphatic carbocycles. The molecule has 0 aromatic heterocycles. The molecule has 2 aromatic carbocycles. The predicted molar refractivity (Wildman–Crippen MR) is 78.5 cm³/mol. The van der Waals surface area contributed by atoms with E-state index in [2.05, 4.69) is 64.5 Å². The minimum Gasteiger partial charge on any atom is -0.321 e. The minimum atomic E-state index is -0.197. The van der Waals surface area contributed by atoms with E-state index in [1.807, 2.05) is 0 Å². The molecule has 92 valence electrons. The van der Waals surface area contributed by atoms with Gasteiger partial charge in [0.25, 0.3) is 0 Å². The SMILES string of the molecule is NC1(Cc2cccc(Br)c2)CCc2ccccc21. The monoisotopic (exact) mass is 301 g/mol. The molecule has 2 aromatic rings. The summed E-state index contributed by atoms with van der Waals surface area (Å²) in [6.07, 6.45) is 3.04. The van der Waals surface area contributed by atoms with Gasteiger partial charge in [-0.2, -0.15) is 0 Å². The maximum Gasteiger partial charge on any atom is 0.0456 e. The van der Waals surface area contributed by atoms with Crippen molar-refractivity contribution in [2.45, 2.75) is 24.8 Å². The summed E-state index contributed by atoms with van der Waals surface area (Å²) in [4.78, 5) is 0. The van der Waals surface area contributed by atoms with Gasteiger partial charge in [-0.1, -0.05) is 52.3 Å². The summed E-state index contributed by atoms with van der Waals surface area (Å²) in [5.74, 6) is 0. The number of benzene rings is 2. The first-order valence-electron chi connectivity index (χ1n) is 6.29. The molecule has 3 rings (SSSR count). The lowest BCUT2D eigenvalue weighted by Gasteiger charge is -2.25. The standard InChI is InChI=1S/C16H16BrN/c17-14-6-3-4-12(10-14)11-16(18)9-8-13-5-1-2-7-15(13)16/h1-7,10H,8-9,11,18H2. The van der Waals surface area contributed by atoms with Crippen molar-refractivity contribution in [3.8, 4) is 0 Å². The van der Waals surface area contributed by atoms with Crippen molar-refractivity contribution in [3.05, 3.63) is 69.7 Å². The number of rotatable bonds is 2. The fraction of sp³-hybridized carbons (Fsp3) is 0.250. The third-order valence-corrected chi connectivity index (χ3v) is 4.30. The number of aryl methyl sites for hydroxylation is 1. The second kappa shape index (κ2) is 4.52. The smallest absolute Gasteiger partial charge is 0.0456 e. The molecule has 2 N–H and O–H groups in total. The molecule has 1 aliphatic rings. The molecule has 1 unspecified atom stereocenters. The van der Waals surface area contributed by atoms with E-state index in [0.717, 1.165) is 23.7 Å². The summed E-state index contributed by atoms with van der Waals surface area (Å²) in [6, 6.07) is 17.0. The van der Waals surface area contributed by atoms with Gasteiger partial charge in [-0.25, -0.2) is 0 Å². The Labute approximate surface area is 116 Å². The average Bonchev–Trinajstić information content (AvgIpc) is 2.68. The van der Waals surface area contributed by atoms with Gasteiger partial charge in [-0.15, -0.1) is 0 Å². The molecule has 2 heteroatoms. The van der Waals surface area contributed by atoms with E-state index < -0.39 is 0 Å². The van der Waals surface area contributed by atoms with E-state index >= 15 is 0 Å². The Kier molecular flexibility index (Phi) is 3.00. The Hall–Kier alpha value is -1.12. The van der Waals surface area contributed by atoms with Gasteiger partial charge in [0.2, 0.25) is 0 Å². The molecule has 0 spiro atoms. The van der Waals surface area contributed by atoms with Crippen molar-refractivity contribution in [1.29, 1.82) is 0 Å². The third kappa shape index (κ3) is 2.11. The Morgan fingerprint density at radius 1 is 1.11 bits per heavy atom. The quantitative estimate of drug-likeness (QED) is 0.897. The molecule has 0 saturated heterocycles. The fourth-order valence-electron chi connectivity index (χ4n) is 2.91. The van der Waals surface area contributed by atoms with E-state index in [-0.39, 0.29) is 5.54 Å². The maximum absolute atomic E-state index is 6.64. The Balaban J connectivity index is 1.94. The molecular weight excluding hydrogens is 286 g/mol. The van der Waals surface area contributed by atoms with Crippen molar-refractivity contribution in [1.82, 2.24) is 0 Å². The highest BCUT2D eigenvalue weighted by Gasteiger charge is 2.34. The summed E-state index contributed by atoms with van der Waals surface area (Å²) >= 11 is 3.52. The zero-order chi connectivity index (χ0) is 12.6. The van der Waals surface area contributed by atoms with E-state index in [4.69, 9.17) is 5.73 Å². The highest BCUT2D eigenvalue weighted by atomic mass is 79.9. The molecule has 0 fully saturated rings. The van der Waals surface area contributed by atoms with Gasteiger partial charge in [0.15, 0.2) is 0 Å². The summed E-state index contributed by atoms with van der Waals surface area (Å²) in [7, 11) is 0. The van der Waals surface area contributed by atoms with Crippen LogP contribution in [-0.4, -0.2) is 0 Å². The summed E-state index contributed by atoms with van der Waals surface area (Å²) in [5, 5.41) is 0. The predicted octanol–water partition coefficient (Wildman–Crippen LogP) is 3.79. The van der Waals surface area contributed by atoms with Gasteiger partial charge >= 0.3 is 0 Å². The first-order valence-corrected chi connectivity index (χ1v) is 7.08. The third-order valence-electron chi connectivity index (χ3n) is 3.80. The first-order chi connectivity index (χ1) is 8.67. The summed E-state index contributed by atoms with van der Waals surface area (Å²) in [5.41, 5.74) is 10.5. The van der Waals surface area contributed by atoms with Crippen LogP contribution in [-0.2, 0) is 18.4 Å². The van der Waals surface area contributed by atoms with E-state index in [1.165, 1.54) is 16.7 Å². The van der Waals surface area contributed by atoms with Gasteiger partial charge in [0, 0.05) is 10.0 Å². The molecule has 0 bridgehead atoms. The van der Waals surface area contributed by atoms with E-state index in [0.29, 0.717) is 0 Å². The van der Waals surface area contributed by atoms with Crippen molar-refractivity contribution < 1.29 is 0 Å². The lowest BCUT2D eigenvalue weighted by Crippen LogP contribution is -2.36. The molecule has 0 saturated carbocycles. The minimum absolute atomic E-state index is 0.197. The van der Waals surface area contributed by atoms with Crippen molar-refractivity contribution in [3.63, 3.8) is 0 Å². The van der Waals surface area contributed by atoms with Crippen LogP contribution < -0.4 is 5.73 Å². The van der Waals surface area contributed by atoms with E-state index in [9.17, 15) is 0 Å². The molecule has 0 radical (unpaired) electrons. The molecule has 18 heavy (non-hydrogen) atoms. The Bertz CT molecular complexity index is 579. The number of hydrogen-bond donors (Lipinski definition) is 1. The van der Waals surface area contributed by atoms with Crippen LogP contribution in [0, 0.1) is 0 Å². The first kappa shape index (κ1) is 11.9. The molecule has 0 aliphatic heterocycles. The van der Waals surface area contributed by atoms with Crippen molar-refractivity contribution in [2.24, 2.45) is 5.73 Å². The number of hydrogen-bond acceptors (Lipinski definition) is 1. The van der Waals surface area contributed by atoms with Crippen LogP contribution in [0.3, 0.4) is 0 Å². The highest BCUT2D eigenvalue weighted by molar-refractivity contribution is 9.10. The van der Waals surface area contributed by atoms with Crippen LogP contribution in [0.1, 0.15) is 23.1 Å². The lowest BCUT2D eigenvalue weighted by atomic mass is 9.86. The van der Waals surface area contributed by atoms with E-state index in [1.54, 1.807) is 0 Å². The highest BCUT2D eigenvalue weighted by Crippen LogP contribution is 2.37. The average molecular weight is 302 g/mol. The van der Waals surface area contributed by atoms with Gasteiger partial charge in [-0.3, -0.25) is 0 Å². The van der Waals surface area contributed by atoms with Crippen LogP contribution >= 0.6 is 15.9 Å². The zero-order valence-electron chi connectivity index (χ0n) is 10.2. The fourth-order valence-corrected chi connectivity index (χ4v) is 3.36. The number of nitrogens with two attached hydrogens (primary N) is 1. The van der Waals surface area contributed by atoms with Crippen LogP contribution in [0.25, 0.3) is 0 Å². The Morgan fingerprint density at radius 3 is 2.78 bits per heavy atom. The largest absolute Gasteiger partial charge is 0.321 e. The van der Waals surface area contributed by atoms with Crippen molar-refractivity contribution >= 4 is 15.9 Å². The van der Waals surface area contributed by atoms with Gasteiger partial charge in [-0.05, 0) is 48.1 Å². The molecule has 1 atom stereocenters. The normalized spacial score (nSPS) is 21.9. The Morgan fingerprint density at radius 2 is 1.94 bits per heavy atom. The molecular formula is C16H16BrN. The lowest BCUT2D eigenvalue weighted by molar-refractivity contribution is 0.439. The topological polar surface area (TPSA) is 26.0 Å². The molecule has 1 nitrogen and oxygen atoms in total. The molecule has 0 heterocycles. The zero-order valence-corrected chi connectivity index (χ0v) is 11.8. The summed E-state index contributed by atoms with van der Waals surface area (Å²) < 4.78 is 1.12. The van der Waals surface area contributed by atoms with Crippen LogP contribution in [0.2, 0.25) is 0 Å². The number of halogens is 1. The van der Waals surface area contributed by atoms with Crippen LogP contribution in [0.4, 0.5) is 0 Å². The van der Waals surface area contributed by atoms with Gasteiger partial charge in [0.1, 0.15) is 0 Å². The second-order valence-electron chi connectivity index (χ2n) is 5.12. The van der Waals surface area contributed by atoms with Gasteiger partial charge in [0.05, 0.1) is 0 Å². The molecule has 0 amide bonds. The van der Waals surface area contributed by atoms with Crippen LogP contribution in [0.15, 0.2) is 53.0 Å². The summed E-state index contributed by atoms with van der Waals surface area (Å²) in [6.45, 7) is 0. The maximum atomic E-state index is 6.64. The number of fused-ring (bicyclic) bond motifs is 1. The second-order valence-corrected chi connectivity index (χ2v) is 6.04. The van der Waals surface area contributed by atoms with Gasteiger partial charge < -0.3 is 5.73 Å². The van der Waals surface area contributed by atoms with Crippen molar-refractivity contribution in [2.75, 3.05) is 0 Å².